The Morgan fingerprint density at radius 1 is 1.04 bits per heavy atom. The van der Waals surface area contributed by atoms with E-state index in [1.54, 1.807) is 6.07 Å². The molecule has 48 heavy (non-hydrogen) atoms. The van der Waals surface area contributed by atoms with Crippen LogP contribution in [0.2, 0.25) is 10.0 Å². The summed E-state index contributed by atoms with van der Waals surface area (Å²) in [6.07, 6.45) is 4.86. The van der Waals surface area contributed by atoms with Gasteiger partial charge in [0.2, 0.25) is 0 Å². The zero-order valence-corrected chi connectivity index (χ0v) is 29.7. The van der Waals surface area contributed by atoms with Crippen molar-refractivity contribution >= 4 is 62.2 Å². The van der Waals surface area contributed by atoms with E-state index in [-0.39, 0.29) is 36.2 Å². The van der Waals surface area contributed by atoms with Crippen LogP contribution in [0, 0.1) is 5.92 Å². The van der Waals surface area contributed by atoms with Gasteiger partial charge in [-0.05, 0) is 76.1 Å². The summed E-state index contributed by atoms with van der Waals surface area (Å²) in [5.41, 5.74) is 2.03. The van der Waals surface area contributed by atoms with Crippen molar-refractivity contribution in [1.82, 2.24) is 9.80 Å². The summed E-state index contributed by atoms with van der Waals surface area (Å²) in [7, 11) is 0. The number of thiophene rings is 1. The van der Waals surface area contributed by atoms with Crippen molar-refractivity contribution < 1.29 is 28.9 Å². The summed E-state index contributed by atoms with van der Waals surface area (Å²) < 4.78 is 19.9. The highest BCUT2D eigenvalue weighted by Crippen LogP contribution is 2.37. The van der Waals surface area contributed by atoms with Crippen molar-refractivity contribution in [3.63, 3.8) is 0 Å². The third-order valence-corrected chi connectivity index (χ3v) is 12.1. The van der Waals surface area contributed by atoms with E-state index in [4.69, 9.17) is 37.4 Å². The third kappa shape index (κ3) is 7.42. The predicted octanol–water partition coefficient (Wildman–Crippen LogP) is 6.94. The minimum Gasteiger partial charge on any atom is -0.481 e. The predicted molar refractivity (Wildman–Crippen MR) is 188 cm³/mol. The molecule has 4 aliphatic rings. The van der Waals surface area contributed by atoms with Gasteiger partial charge in [-0.15, -0.1) is 11.3 Å². The monoisotopic (exact) mass is 715 g/mol. The van der Waals surface area contributed by atoms with E-state index in [0.717, 1.165) is 61.1 Å². The van der Waals surface area contributed by atoms with E-state index in [1.807, 2.05) is 49.6 Å². The van der Waals surface area contributed by atoms with Gasteiger partial charge in [0, 0.05) is 58.8 Å². The first-order valence-electron chi connectivity index (χ1n) is 17.0. The summed E-state index contributed by atoms with van der Waals surface area (Å²) in [6, 6.07) is 12.0. The molecule has 3 aromatic rings. The molecule has 12 heteroatoms. The fourth-order valence-electron chi connectivity index (χ4n) is 7.93. The van der Waals surface area contributed by atoms with Crippen molar-refractivity contribution in [2.75, 3.05) is 38.1 Å². The van der Waals surface area contributed by atoms with E-state index in [1.165, 1.54) is 11.3 Å². The molecule has 1 aromatic heterocycles. The number of carboxylic acid groups (broad SMARTS) is 1. The molecule has 2 N–H and O–H groups in total. The first-order valence-corrected chi connectivity index (χ1v) is 18.6. The molecule has 9 nitrogen and oxygen atoms in total. The van der Waals surface area contributed by atoms with Crippen LogP contribution in [0.3, 0.4) is 0 Å². The van der Waals surface area contributed by atoms with Crippen LogP contribution in [0.1, 0.15) is 61.9 Å². The normalized spacial score (nSPS) is 29.0. The summed E-state index contributed by atoms with van der Waals surface area (Å²) in [5.74, 6) is -1.70. The van der Waals surface area contributed by atoms with Crippen molar-refractivity contribution in [3.8, 4) is 0 Å². The van der Waals surface area contributed by atoms with Crippen molar-refractivity contribution in [3.05, 3.63) is 63.0 Å². The minimum atomic E-state index is -0.699. The number of nitrogens with one attached hydrogen (secondary N) is 1. The highest BCUT2D eigenvalue weighted by atomic mass is 35.5. The van der Waals surface area contributed by atoms with Crippen LogP contribution >= 0.6 is 34.5 Å². The van der Waals surface area contributed by atoms with E-state index in [9.17, 15) is 14.7 Å². The fourth-order valence-corrected chi connectivity index (χ4v) is 9.36. The summed E-state index contributed by atoms with van der Waals surface area (Å²) in [6.45, 7) is 7.96. The Morgan fingerprint density at radius 3 is 2.50 bits per heavy atom. The molecule has 4 atom stereocenters. The molecule has 3 saturated heterocycles. The first-order chi connectivity index (χ1) is 23.0. The number of anilines is 1. The second-order valence-corrected chi connectivity index (χ2v) is 15.8. The van der Waals surface area contributed by atoms with Crippen LogP contribution < -0.4 is 5.32 Å². The Morgan fingerprint density at radius 2 is 1.77 bits per heavy atom. The van der Waals surface area contributed by atoms with Crippen LogP contribution in [0.15, 0.2) is 41.8 Å². The lowest BCUT2D eigenvalue weighted by molar-refractivity contribution is -0.156. The topological polar surface area (TPSA) is 101 Å². The standard InChI is InChI=1S/C36H43Cl2N3O6S/c1-36(2)46-31-17-41(18-32(31)47-36)23-14-24(19-45-25-9-7-21(8-10-25)35(43)44)40(16-23)12-11-22-13-29(38)30(15-28(22)37)39-34(42)27-20-48-33-6-4-3-5-26(27)33/h3-6,13,15,20-21,23-25,31-32H,7-12,14,16-19H2,1-2H3,(H,39,42)(H,43,44)/t21?,23?,24-,25?,31-,32?/m0/s1. The van der Waals surface area contributed by atoms with Crippen LogP contribution in [0.25, 0.3) is 10.1 Å². The van der Waals surface area contributed by atoms with Gasteiger partial charge in [-0.25, -0.2) is 0 Å². The number of hydrogen-bond donors (Lipinski definition) is 2. The molecule has 0 radical (unpaired) electrons. The molecule has 1 saturated carbocycles. The van der Waals surface area contributed by atoms with Crippen molar-refractivity contribution in [2.24, 2.45) is 5.92 Å². The van der Waals surface area contributed by atoms with E-state index in [2.05, 4.69) is 15.1 Å². The summed E-state index contributed by atoms with van der Waals surface area (Å²) in [5, 5.41) is 16.1. The summed E-state index contributed by atoms with van der Waals surface area (Å²) in [4.78, 5) is 29.6. The van der Waals surface area contributed by atoms with Gasteiger partial charge >= 0.3 is 5.97 Å². The number of amides is 1. The molecular formula is C36H43Cl2N3O6S. The van der Waals surface area contributed by atoms with Crippen molar-refractivity contribution in [1.29, 1.82) is 0 Å². The highest BCUT2D eigenvalue weighted by Gasteiger charge is 2.49. The molecule has 1 aliphatic carbocycles. The van der Waals surface area contributed by atoms with E-state index in [0.29, 0.717) is 53.2 Å². The number of nitrogens with zero attached hydrogens (tertiary/aromatic N) is 2. The second-order valence-electron chi connectivity index (χ2n) is 14.1. The first kappa shape index (κ1) is 34.2. The SMILES string of the molecule is CC1(C)OC2CN(C3C[C@@H](COC4CCC(C(=O)O)CC4)N(CCc4cc(Cl)c(NC(=O)c5csc6ccccc56)cc4Cl)C3)C[C@@H]2O1. The number of benzene rings is 2. The zero-order chi connectivity index (χ0) is 33.6. The number of halogens is 2. The van der Waals surface area contributed by atoms with Gasteiger partial charge in [0.15, 0.2) is 5.79 Å². The fraction of sp³-hybridized carbons (Fsp3) is 0.556. The molecule has 7 rings (SSSR count). The molecule has 0 bridgehead atoms. The van der Waals surface area contributed by atoms with Gasteiger partial charge in [0.1, 0.15) is 12.2 Å². The largest absolute Gasteiger partial charge is 0.481 e. The van der Waals surface area contributed by atoms with Gasteiger partial charge < -0.3 is 24.6 Å². The van der Waals surface area contributed by atoms with Crippen LogP contribution in [-0.4, -0.2) is 95.8 Å². The number of carboxylic acids is 1. The Bertz CT molecular complexity index is 1640. The maximum absolute atomic E-state index is 13.2. The quantitative estimate of drug-likeness (QED) is 0.233. The van der Waals surface area contributed by atoms with Crippen LogP contribution in [0.5, 0.6) is 0 Å². The van der Waals surface area contributed by atoms with Gasteiger partial charge in [-0.3, -0.25) is 19.4 Å². The minimum absolute atomic E-state index is 0.0894. The molecule has 2 aromatic carbocycles. The molecule has 4 heterocycles. The van der Waals surface area contributed by atoms with Gasteiger partial charge in [-0.2, -0.15) is 0 Å². The number of rotatable bonds is 10. The average molecular weight is 717 g/mol. The maximum Gasteiger partial charge on any atom is 0.306 e. The van der Waals surface area contributed by atoms with E-state index < -0.39 is 11.8 Å². The van der Waals surface area contributed by atoms with Crippen LogP contribution in [0.4, 0.5) is 5.69 Å². The molecule has 258 valence electrons. The maximum atomic E-state index is 13.2. The molecule has 3 aliphatic heterocycles. The third-order valence-electron chi connectivity index (χ3n) is 10.5. The molecule has 1 amide bonds. The summed E-state index contributed by atoms with van der Waals surface area (Å²) >= 11 is 15.1. The van der Waals surface area contributed by atoms with Crippen molar-refractivity contribution in [2.45, 2.75) is 88.6 Å². The smallest absolute Gasteiger partial charge is 0.306 e. The number of carbonyl (C=O) groups is 2. The molecule has 2 unspecified atom stereocenters. The Labute approximate surface area is 295 Å². The lowest BCUT2D eigenvalue weighted by Crippen LogP contribution is -2.39. The van der Waals surface area contributed by atoms with E-state index >= 15 is 0 Å². The van der Waals surface area contributed by atoms with Crippen LogP contribution in [-0.2, 0) is 25.4 Å². The van der Waals surface area contributed by atoms with Gasteiger partial charge in [0.25, 0.3) is 5.91 Å². The average Bonchev–Trinajstić information content (AvgIpc) is 3.82. The van der Waals surface area contributed by atoms with Gasteiger partial charge in [-0.1, -0.05) is 41.4 Å². The lowest BCUT2D eigenvalue weighted by Gasteiger charge is -2.30. The highest BCUT2D eigenvalue weighted by molar-refractivity contribution is 7.17. The molecule has 0 spiro atoms. The second kappa shape index (κ2) is 14.2. The Balaban J connectivity index is 0.998. The Kier molecular flexibility index (Phi) is 10.1. The molecular weight excluding hydrogens is 673 g/mol. The lowest BCUT2D eigenvalue weighted by atomic mass is 9.87. The number of aliphatic carboxylic acids is 1. The number of likely N-dealkylation sites (tertiary alicyclic amines) is 2. The number of carbonyl (C=O) groups excluding carboxylic acids is 1. The number of ether oxygens (including phenoxy) is 3. The number of hydrogen-bond acceptors (Lipinski definition) is 8. The van der Waals surface area contributed by atoms with Gasteiger partial charge in [0.05, 0.1) is 34.9 Å². The number of fused-ring (bicyclic) bond motifs is 2. The molecule has 4 fully saturated rings. The zero-order valence-electron chi connectivity index (χ0n) is 27.3. The Hall–Kier alpha value is -2.28.